The van der Waals surface area contributed by atoms with E-state index in [4.69, 9.17) is 0 Å². The van der Waals surface area contributed by atoms with Crippen molar-refractivity contribution in [3.8, 4) is 0 Å². The molecule has 0 bridgehead atoms. The van der Waals surface area contributed by atoms with Gasteiger partial charge in [-0.2, -0.15) is 13.2 Å². The van der Waals surface area contributed by atoms with Crippen molar-refractivity contribution in [1.29, 1.82) is 0 Å². The zero-order chi connectivity index (χ0) is 11.5. The summed E-state index contributed by atoms with van der Waals surface area (Å²) < 4.78 is 36.7. The van der Waals surface area contributed by atoms with Crippen molar-refractivity contribution in [3.63, 3.8) is 0 Å². The van der Waals surface area contributed by atoms with Crippen LogP contribution in [0.5, 0.6) is 0 Å². The number of hydrogen-bond acceptors (Lipinski definition) is 0. The van der Waals surface area contributed by atoms with Gasteiger partial charge in [-0.25, -0.2) is 0 Å². The van der Waals surface area contributed by atoms with E-state index in [9.17, 15) is 13.2 Å². The van der Waals surface area contributed by atoms with E-state index in [2.05, 4.69) is 0 Å². The van der Waals surface area contributed by atoms with E-state index in [1.807, 2.05) is 19.9 Å². The van der Waals surface area contributed by atoms with Crippen LogP contribution in [0.4, 0.5) is 13.2 Å². The zero-order valence-electron chi connectivity index (χ0n) is 8.73. The third-order valence-corrected chi connectivity index (χ3v) is 2.26. The predicted octanol–water partition coefficient (Wildman–Crippen LogP) is 4.21. The molecule has 1 aromatic carbocycles. The van der Waals surface area contributed by atoms with E-state index in [1.54, 1.807) is 0 Å². The minimum absolute atomic E-state index is 0.593. The molecule has 0 aliphatic heterocycles. The molecule has 0 fully saturated rings. The molecule has 0 heterocycles. The fraction of sp³-hybridized carbons (Fsp3) is 0.333. The monoisotopic (exact) mass is 214 g/mol. The molecule has 0 saturated carbocycles. The van der Waals surface area contributed by atoms with Crippen LogP contribution >= 0.6 is 0 Å². The van der Waals surface area contributed by atoms with Crippen LogP contribution < -0.4 is 0 Å². The van der Waals surface area contributed by atoms with Crippen LogP contribution in [-0.2, 0) is 12.6 Å². The molecule has 0 atom stereocenters. The van der Waals surface area contributed by atoms with Gasteiger partial charge in [0, 0.05) is 0 Å². The molecule has 0 radical (unpaired) electrons. The molecule has 0 amide bonds. The van der Waals surface area contributed by atoms with Gasteiger partial charge in [-0.3, -0.25) is 0 Å². The Kier molecular flexibility index (Phi) is 3.56. The predicted molar refractivity (Wildman–Crippen MR) is 54.6 cm³/mol. The summed E-state index contributed by atoms with van der Waals surface area (Å²) in [6.07, 6.45) is -1.58. The highest BCUT2D eigenvalue weighted by Gasteiger charge is 2.29. The third-order valence-electron chi connectivity index (χ3n) is 2.26. The lowest BCUT2D eigenvalue weighted by Gasteiger charge is -2.07. The maximum Gasteiger partial charge on any atom is 0.416 e. The maximum atomic E-state index is 12.2. The summed E-state index contributed by atoms with van der Waals surface area (Å²) in [5.74, 6) is 0. The van der Waals surface area contributed by atoms with Gasteiger partial charge < -0.3 is 0 Å². The Balaban J connectivity index is 2.82. The highest BCUT2D eigenvalue weighted by molar-refractivity contribution is 5.27. The van der Waals surface area contributed by atoms with E-state index >= 15 is 0 Å². The molecule has 0 spiro atoms. The van der Waals surface area contributed by atoms with E-state index < -0.39 is 11.7 Å². The van der Waals surface area contributed by atoms with Gasteiger partial charge in [-0.1, -0.05) is 23.8 Å². The molecule has 0 nitrogen and oxygen atoms in total. The van der Waals surface area contributed by atoms with Gasteiger partial charge in [0.15, 0.2) is 0 Å². The van der Waals surface area contributed by atoms with Gasteiger partial charge in [-0.15, -0.1) is 0 Å². The van der Waals surface area contributed by atoms with E-state index in [0.717, 1.165) is 23.3 Å². The van der Waals surface area contributed by atoms with E-state index in [-0.39, 0.29) is 0 Å². The summed E-state index contributed by atoms with van der Waals surface area (Å²) in [6, 6.07) is 5.29. The first-order valence-electron chi connectivity index (χ1n) is 4.71. The van der Waals surface area contributed by atoms with Crippen LogP contribution in [0, 0.1) is 0 Å². The summed E-state index contributed by atoms with van der Waals surface area (Å²) in [5, 5.41) is 0. The summed E-state index contributed by atoms with van der Waals surface area (Å²) in [4.78, 5) is 0. The lowest BCUT2D eigenvalue weighted by molar-refractivity contribution is -0.137. The quantitative estimate of drug-likeness (QED) is 0.647. The Labute approximate surface area is 87.4 Å². The maximum absolute atomic E-state index is 12.2. The van der Waals surface area contributed by atoms with Gasteiger partial charge in [-0.05, 0) is 38.0 Å². The highest BCUT2D eigenvalue weighted by Crippen LogP contribution is 2.29. The van der Waals surface area contributed by atoms with Gasteiger partial charge in [0.25, 0.3) is 0 Å². The molecule has 1 aromatic rings. The van der Waals surface area contributed by atoms with Crippen LogP contribution in [-0.4, -0.2) is 0 Å². The highest BCUT2D eigenvalue weighted by atomic mass is 19.4. The largest absolute Gasteiger partial charge is 0.416 e. The van der Waals surface area contributed by atoms with Crippen LogP contribution in [0.15, 0.2) is 35.9 Å². The Morgan fingerprint density at radius 3 is 2.13 bits per heavy atom. The molecule has 0 aliphatic carbocycles. The fourth-order valence-electron chi connectivity index (χ4n) is 1.24. The summed E-state index contributed by atoms with van der Waals surface area (Å²) in [5.41, 5.74) is 1.46. The van der Waals surface area contributed by atoms with Crippen molar-refractivity contribution in [3.05, 3.63) is 47.0 Å². The molecule has 0 aliphatic rings. The standard InChI is InChI=1S/C12H13F3/c1-3-9(2)8-10-4-6-11(7-5-10)12(13,14)15/h3-7H,8H2,1-2H3. The molecule has 0 aromatic heterocycles. The van der Waals surface area contributed by atoms with Gasteiger partial charge in [0.2, 0.25) is 0 Å². The zero-order valence-corrected chi connectivity index (χ0v) is 8.73. The Morgan fingerprint density at radius 1 is 1.20 bits per heavy atom. The average Bonchev–Trinajstić information content (AvgIpc) is 2.17. The van der Waals surface area contributed by atoms with Gasteiger partial charge in [0.1, 0.15) is 0 Å². The lowest BCUT2D eigenvalue weighted by Crippen LogP contribution is -2.04. The summed E-state index contributed by atoms with van der Waals surface area (Å²) in [7, 11) is 0. The first kappa shape index (κ1) is 11.8. The second kappa shape index (κ2) is 4.51. The van der Waals surface area contributed by atoms with Crippen LogP contribution in [0.1, 0.15) is 25.0 Å². The smallest absolute Gasteiger partial charge is 0.166 e. The first-order valence-corrected chi connectivity index (χ1v) is 4.71. The minimum atomic E-state index is -4.24. The number of rotatable bonds is 2. The van der Waals surface area contributed by atoms with Crippen molar-refractivity contribution in [2.24, 2.45) is 0 Å². The fourth-order valence-corrected chi connectivity index (χ4v) is 1.24. The van der Waals surface area contributed by atoms with Gasteiger partial charge in [0.05, 0.1) is 5.56 Å². The van der Waals surface area contributed by atoms with Crippen molar-refractivity contribution in [2.75, 3.05) is 0 Å². The van der Waals surface area contributed by atoms with Crippen LogP contribution in [0.3, 0.4) is 0 Å². The molecule has 0 saturated heterocycles. The Bertz CT molecular complexity index is 344. The normalized spacial score (nSPS) is 13.0. The van der Waals surface area contributed by atoms with Crippen LogP contribution in [0.2, 0.25) is 0 Å². The summed E-state index contributed by atoms with van der Waals surface area (Å²) in [6.45, 7) is 3.87. The van der Waals surface area contributed by atoms with Gasteiger partial charge >= 0.3 is 6.18 Å². The molecule has 15 heavy (non-hydrogen) atoms. The molecule has 3 heteroatoms. The number of allylic oxidation sites excluding steroid dienone is 2. The first-order chi connectivity index (χ1) is 6.93. The average molecular weight is 214 g/mol. The molecule has 0 unspecified atom stereocenters. The molecule has 82 valence electrons. The van der Waals surface area contributed by atoms with E-state index in [1.165, 1.54) is 12.1 Å². The molecular weight excluding hydrogens is 201 g/mol. The summed E-state index contributed by atoms with van der Waals surface area (Å²) >= 11 is 0. The molecule has 1 rings (SSSR count). The third kappa shape index (κ3) is 3.42. The molecule has 0 N–H and O–H groups in total. The second-order valence-electron chi connectivity index (χ2n) is 3.51. The van der Waals surface area contributed by atoms with Crippen molar-refractivity contribution >= 4 is 0 Å². The SMILES string of the molecule is CC=C(C)Cc1ccc(C(F)(F)F)cc1. The topological polar surface area (TPSA) is 0 Å². The van der Waals surface area contributed by atoms with Crippen molar-refractivity contribution in [2.45, 2.75) is 26.4 Å². The second-order valence-corrected chi connectivity index (χ2v) is 3.51. The Hall–Kier alpha value is -1.25. The number of hydrogen-bond donors (Lipinski definition) is 0. The number of benzene rings is 1. The van der Waals surface area contributed by atoms with Crippen molar-refractivity contribution < 1.29 is 13.2 Å². The number of halogens is 3. The van der Waals surface area contributed by atoms with Crippen LogP contribution in [0.25, 0.3) is 0 Å². The van der Waals surface area contributed by atoms with Crippen molar-refractivity contribution in [1.82, 2.24) is 0 Å². The van der Waals surface area contributed by atoms with E-state index in [0.29, 0.717) is 6.42 Å². The number of alkyl halides is 3. The lowest BCUT2D eigenvalue weighted by atomic mass is 10.0. The Morgan fingerprint density at radius 2 is 1.73 bits per heavy atom. The molecular formula is C12H13F3. The minimum Gasteiger partial charge on any atom is -0.166 e.